The third-order valence-corrected chi connectivity index (χ3v) is 3.41. The fourth-order valence-corrected chi connectivity index (χ4v) is 2.29. The summed E-state index contributed by atoms with van der Waals surface area (Å²) < 4.78 is 13.2. The average molecular weight is 307 g/mol. The van der Waals surface area contributed by atoms with Crippen molar-refractivity contribution in [2.45, 2.75) is 6.92 Å². The van der Waals surface area contributed by atoms with Crippen molar-refractivity contribution in [2.24, 2.45) is 0 Å². The Morgan fingerprint density at radius 3 is 2.48 bits per heavy atom. The lowest BCUT2D eigenvalue weighted by molar-refractivity contribution is 0.102. The van der Waals surface area contributed by atoms with E-state index in [1.807, 2.05) is 25.1 Å². The summed E-state index contributed by atoms with van der Waals surface area (Å²) in [7, 11) is 3.78. The zero-order chi connectivity index (χ0) is 15.6. The fourth-order valence-electron chi connectivity index (χ4n) is 1.94. The van der Waals surface area contributed by atoms with Gasteiger partial charge in [-0.05, 0) is 48.9 Å². The van der Waals surface area contributed by atoms with E-state index >= 15 is 0 Å². The molecule has 2 rings (SSSR count). The van der Waals surface area contributed by atoms with Crippen molar-refractivity contribution in [3.63, 3.8) is 0 Å². The van der Waals surface area contributed by atoms with E-state index in [2.05, 4.69) is 5.32 Å². The second kappa shape index (κ2) is 6.14. The van der Waals surface area contributed by atoms with Gasteiger partial charge in [-0.3, -0.25) is 4.79 Å². The van der Waals surface area contributed by atoms with Gasteiger partial charge < -0.3 is 10.2 Å². The topological polar surface area (TPSA) is 32.3 Å². The Morgan fingerprint density at radius 1 is 1.19 bits per heavy atom. The molecule has 0 saturated heterocycles. The summed E-state index contributed by atoms with van der Waals surface area (Å²) in [5, 5.41) is 3.30. The molecule has 0 radical (unpaired) electrons. The minimum absolute atomic E-state index is 0.299. The average Bonchev–Trinajstić information content (AvgIpc) is 2.41. The predicted molar refractivity (Wildman–Crippen MR) is 84.9 cm³/mol. The molecule has 2 aromatic rings. The summed E-state index contributed by atoms with van der Waals surface area (Å²) in [6, 6.07) is 9.54. The lowest BCUT2D eigenvalue weighted by atomic mass is 10.1. The number of anilines is 2. The molecule has 0 unspecified atom stereocenters. The lowest BCUT2D eigenvalue weighted by Gasteiger charge is -2.15. The van der Waals surface area contributed by atoms with E-state index in [1.54, 1.807) is 19.1 Å². The number of hydrogen-bond donors (Lipinski definition) is 1. The smallest absolute Gasteiger partial charge is 0.255 e. The molecule has 0 fully saturated rings. The third-order valence-electron chi connectivity index (χ3n) is 3.11. The number of rotatable bonds is 3. The Labute approximate surface area is 128 Å². The van der Waals surface area contributed by atoms with Crippen molar-refractivity contribution in [3.05, 3.63) is 58.4 Å². The molecular weight excluding hydrogens is 291 g/mol. The monoisotopic (exact) mass is 306 g/mol. The molecule has 0 aliphatic carbocycles. The van der Waals surface area contributed by atoms with Crippen LogP contribution in [0.3, 0.4) is 0 Å². The van der Waals surface area contributed by atoms with Crippen molar-refractivity contribution in [3.8, 4) is 0 Å². The van der Waals surface area contributed by atoms with Crippen LogP contribution < -0.4 is 10.2 Å². The minimum Gasteiger partial charge on any atom is -0.376 e. The molecule has 0 bridgehead atoms. The van der Waals surface area contributed by atoms with Gasteiger partial charge in [0.15, 0.2) is 0 Å². The first-order valence-electron chi connectivity index (χ1n) is 6.43. The molecule has 0 aliphatic heterocycles. The van der Waals surface area contributed by atoms with Crippen LogP contribution in [0.15, 0.2) is 36.4 Å². The highest BCUT2D eigenvalue weighted by Crippen LogP contribution is 2.27. The summed E-state index contributed by atoms with van der Waals surface area (Å²) in [6.07, 6.45) is 0. The Balaban J connectivity index is 2.19. The quantitative estimate of drug-likeness (QED) is 0.925. The SMILES string of the molecule is Cc1cc(C(=O)Nc2ccc(N(C)C)c(Cl)c2)ccc1F. The number of amides is 1. The van der Waals surface area contributed by atoms with Crippen LogP contribution in [0.4, 0.5) is 15.8 Å². The van der Waals surface area contributed by atoms with E-state index in [-0.39, 0.29) is 11.7 Å². The van der Waals surface area contributed by atoms with Crippen LogP contribution in [0.1, 0.15) is 15.9 Å². The highest BCUT2D eigenvalue weighted by molar-refractivity contribution is 6.33. The number of hydrogen-bond acceptors (Lipinski definition) is 2. The van der Waals surface area contributed by atoms with Gasteiger partial charge in [0.05, 0.1) is 10.7 Å². The normalized spacial score (nSPS) is 10.3. The number of halogens is 2. The van der Waals surface area contributed by atoms with E-state index in [9.17, 15) is 9.18 Å². The maximum absolute atomic E-state index is 13.2. The van der Waals surface area contributed by atoms with Crippen molar-refractivity contribution in [1.82, 2.24) is 0 Å². The molecule has 0 spiro atoms. The van der Waals surface area contributed by atoms with Crippen LogP contribution in [0.2, 0.25) is 5.02 Å². The zero-order valence-electron chi connectivity index (χ0n) is 12.1. The Bertz CT molecular complexity index is 686. The van der Waals surface area contributed by atoms with E-state index < -0.39 is 0 Å². The van der Waals surface area contributed by atoms with E-state index in [0.717, 1.165) is 5.69 Å². The molecule has 1 amide bonds. The van der Waals surface area contributed by atoms with Gasteiger partial charge in [0.1, 0.15) is 5.82 Å². The first-order valence-corrected chi connectivity index (χ1v) is 6.80. The van der Waals surface area contributed by atoms with E-state index in [1.165, 1.54) is 18.2 Å². The highest BCUT2D eigenvalue weighted by Gasteiger charge is 2.10. The summed E-state index contributed by atoms with van der Waals surface area (Å²) in [5.74, 6) is -0.628. The first kappa shape index (κ1) is 15.3. The molecule has 0 aromatic heterocycles. The number of benzene rings is 2. The molecule has 110 valence electrons. The van der Waals surface area contributed by atoms with Gasteiger partial charge in [-0.25, -0.2) is 4.39 Å². The van der Waals surface area contributed by atoms with Gasteiger partial charge in [0.25, 0.3) is 5.91 Å². The molecule has 5 heteroatoms. The van der Waals surface area contributed by atoms with Crippen LogP contribution in [-0.2, 0) is 0 Å². The summed E-state index contributed by atoms with van der Waals surface area (Å²) in [5.41, 5.74) is 2.30. The molecule has 0 saturated carbocycles. The van der Waals surface area contributed by atoms with Crippen molar-refractivity contribution in [1.29, 1.82) is 0 Å². The second-order valence-corrected chi connectivity index (χ2v) is 5.39. The van der Waals surface area contributed by atoms with Gasteiger partial charge >= 0.3 is 0 Å². The molecule has 0 heterocycles. The number of carbonyl (C=O) groups is 1. The molecule has 0 atom stereocenters. The maximum atomic E-state index is 13.2. The molecule has 2 aromatic carbocycles. The Hall–Kier alpha value is -2.07. The first-order chi connectivity index (χ1) is 9.88. The highest BCUT2D eigenvalue weighted by atomic mass is 35.5. The molecule has 1 N–H and O–H groups in total. The van der Waals surface area contributed by atoms with E-state index in [0.29, 0.717) is 21.8 Å². The fraction of sp³-hybridized carbons (Fsp3) is 0.188. The zero-order valence-corrected chi connectivity index (χ0v) is 12.8. The minimum atomic E-state index is -0.329. The molecule has 3 nitrogen and oxygen atoms in total. The standard InChI is InChI=1S/C16H16ClFN2O/c1-10-8-11(4-6-14(10)18)16(21)19-12-5-7-15(20(2)3)13(17)9-12/h4-9H,1-3H3,(H,19,21). The number of nitrogens with one attached hydrogen (secondary N) is 1. The van der Waals surface area contributed by atoms with Gasteiger partial charge in [-0.15, -0.1) is 0 Å². The van der Waals surface area contributed by atoms with Crippen LogP contribution in [0.25, 0.3) is 0 Å². The van der Waals surface area contributed by atoms with Crippen molar-refractivity contribution < 1.29 is 9.18 Å². The number of aryl methyl sites for hydroxylation is 1. The summed E-state index contributed by atoms with van der Waals surface area (Å²) in [4.78, 5) is 14.0. The molecule has 21 heavy (non-hydrogen) atoms. The van der Waals surface area contributed by atoms with Crippen LogP contribution in [0, 0.1) is 12.7 Å². The van der Waals surface area contributed by atoms with Gasteiger partial charge in [-0.2, -0.15) is 0 Å². The van der Waals surface area contributed by atoms with Crippen molar-refractivity contribution in [2.75, 3.05) is 24.3 Å². The number of carbonyl (C=O) groups excluding carboxylic acids is 1. The summed E-state index contributed by atoms with van der Waals surface area (Å²) in [6.45, 7) is 1.62. The third kappa shape index (κ3) is 3.52. The van der Waals surface area contributed by atoms with Crippen LogP contribution >= 0.6 is 11.6 Å². The van der Waals surface area contributed by atoms with E-state index in [4.69, 9.17) is 11.6 Å². The molecular formula is C16H16ClFN2O. The summed E-state index contributed by atoms with van der Waals surface area (Å²) >= 11 is 6.16. The number of nitrogens with zero attached hydrogens (tertiary/aromatic N) is 1. The molecule has 0 aliphatic rings. The van der Waals surface area contributed by atoms with Crippen LogP contribution in [0.5, 0.6) is 0 Å². The Kier molecular flexibility index (Phi) is 4.48. The second-order valence-electron chi connectivity index (χ2n) is 4.98. The van der Waals surface area contributed by atoms with Gasteiger partial charge in [0.2, 0.25) is 0 Å². The van der Waals surface area contributed by atoms with Crippen molar-refractivity contribution >= 4 is 28.9 Å². The predicted octanol–water partition coefficient (Wildman–Crippen LogP) is 4.11. The Morgan fingerprint density at radius 2 is 1.90 bits per heavy atom. The van der Waals surface area contributed by atoms with Gasteiger partial charge in [-0.1, -0.05) is 11.6 Å². The van der Waals surface area contributed by atoms with Crippen LogP contribution in [-0.4, -0.2) is 20.0 Å². The van der Waals surface area contributed by atoms with Gasteiger partial charge in [0, 0.05) is 25.3 Å². The lowest BCUT2D eigenvalue weighted by Crippen LogP contribution is -2.13. The maximum Gasteiger partial charge on any atom is 0.255 e. The largest absolute Gasteiger partial charge is 0.376 e.